The zero-order valence-corrected chi connectivity index (χ0v) is 11.6. The average molecular weight is 277 g/mol. The molecule has 0 aliphatic rings. The van der Waals surface area contributed by atoms with Crippen molar-refractivity contribution in [1.29, 1.82) is 0 Å². The number of carbonyl (C=O) groups excluding carboxylic acids is 1. The van der Waals surface area contributed by atoms with Gasteiger partial charge in [-0.15, -0.1) is 0 Å². The van der Waals surface area contributed by atoms with E-state index in [4.69, 9.17) is 4.42 Å². The van der Waals surface area contributed by atoms with Crippen LogP contribution in [0.3, 0.4) is 0 Å². The van der Waals surface area contributed by atoms with E-state index in [1.165, 1.54) is 13.2 Å². The lowest BCUT2D eigenvalue weighted by Gasteiger charge is -2.06. The Morgan fingerprint density at radius 3 is 2.80 bits per heavy atom. The van der Waals surface area contributed by atoms with Crippen molar-refractivity contribution in [3.63, 3.8) is 0 Å². The van der Waals surface area contributed by atoms with Crippen molar-refractivity contribution in [1.82, 2.24) is 0 Å². The molecule has 1 N–H and O–H groups in total. The van der Waals surface area contributed by atoms with E-state index in [0.717, 1.165) is 5.56 Å². The second-order valence-electron chi connectivity index (χ2n) is 4.51. The smallest absolute Gasteiger partial charge is 0.341 e. The van der Waals surface area contributed by atoms with Crippen molar-refractivity contribution >= 4 is 11.7 Å². The van der Waals surface area contributed by atoms with E-state index in [1.54, 1.807) is 25.1 Å². The fraction of sp³-hybridized carbons (Fsp3) is 0.267. The summed E-state index contributed by atoms with van der Waals surface area (Å²) in [6.07, 6.45) is 0. The Kier molecular flexibility index (Phi) is 4.08. The van der Waals surface area contributed by atoms with Gasteiger partial charge in [0.2, 0.25) is 0 Å². The number of aryl methyl sites for hydroxylation is 2. The van der Waals surface area contributed by atoms with Crippen LogP contribution >= 0.6 is 0 Å². The number of benzene rings is 1. The highest BCUT2D eigenvalue weighted by atomic mass is 19.1. The topological polar surface area (TPSA) is 51.5 Å². The maximum Gasteiger partial charge on any atom is 0.341 e. The number of methoxy groups -OCH3 is 1. The van der Waals surface area contributed by atoms with E-state index in [0.29, 0.717) is 22.8 Å². The van der Waals surface area contributed by atoms with Gasteiger partial charge in [-0.1, -0.05) is 6.07 Å². The van der Waals surface area contributed by atoms with Gasteiger partial charge in [0.15, 0.2) is 0 Å². The Morgan fingerprint density at radius 2 is 2.10 bits per heavy atom. The molecule has 4 nitrogen and oxygen atoms in total. The van der Waals surface area contributed by atoms with E-state index < -0.39 is 5.97 Å². The van der Waals surface area contributed by atoms with E-state index in [2.05, 4.69) is 10.1 Å². The number of rotatable bonds is 4. The quantitative estimate of drug-likeness (QED) is 0.870. The molecule has 0 saturated carbocycles. The molecule has 0 spiro atoms. The van der Waals surface area contributed by atoms with Crippen LogP contribution in [0.4, 0.5) is 10.1 Å². The molecular weight excluding hydrogens is 261 g/mol. The summed E-state index contributed by atoms with van der Waals surface area (Å²) in [6, 6.07) is 6.42. The molecule has 5 heteroatoms. The van der Waals surface area contributed by atoms with Crippen molar-refractivity contribution in [2.45, 2.75) is 20.4 Å². The lowest BCUT2D eigenvalue weighted by atomic mass is 10.2. The molecule has 0 saturated heterocycles. The molecule has 1 aromatic heterocycles. The Bertz CT molecular complexity index is 634. The highest BCUT2D eigenvalue weighted by Crippen LogP contribution is 2.19. The van der Waals surface area contributed by atoms with Gasteiger partial charge in [-0.05, 0) is 37.6 Å². The van der Waals surface area contributed by atoms with Crippen LogP contribution in [-0.4, -0.2) is 13.1 Å². The number of halogens is 1. The van der Waals surface area contributed by atoms with Gasteiger partial charge in [-0.3, -0.25) is 0 Å². The molecule has 106 valence electrons. The summed E-state index contributed by atoms with van der Waals surface area (Å²) in [5, 5.41) is 2.95. The van der Waals surface area contributed by atoms with Gasteiger partial charge in [0.05, 0.1) is 19.3 Å². The summed E-state index contributed by atoms with van der Waals surface area (Å²) >= 11 is 0. The molecule has 20 heavy (non-hydrogen) atoms. The number of anilines is 1. The fourth-order valence-electron chi connectivity index (χ4n) is 1.90. The Labute approximate surface area is 116 Å². The molecule has 0 atom stereocenters. The first-order chi connectivity index (χ1) is 9.51. The minimum Gasteiger partial charge on any atom is -0.465 e. The zero-order chi connectivity index (χ0) is 14.7. The molecule has 2 aromatic rings. The van der Waals surface area contributed by atoms with Crippen LogP contribution in [0.5, 0.6) is 0 Å². The molecule has 0 unspecified atom stereocenters. The van der Waals surface area contributed by atoms with Gasteiger partial charge < -0.3 is 14.5 Å². The SMILES string of the molecule is COC(=O)c1cc(CNc2cc(C)ccc2F)oc1C. The molecular formula is C15H16FNO3. The normalized spacial score (nSPS) is 10.4. The maximum atomic E-state index is 13.6. The molecule has 0 bridgehead atoms. The van der Waals surface area contributed by atoms with E-state index in [1.807, 2.05) is 6.92 Å². The van der Waals surface area contributed by atoms with Crippen LogP contribution in [0.2, 0.25) is 0 Å². The first-order valence-electron chi connectivity index (χ1n) is 6.19. The van der Waals surface area contributed by atoms with Crippen molar-refractivity contribution in [2.75, 3.05) is 12.4 Å². The molecule has 0 aliphatic carbocycles. The summed E-state index contributed by atoms with van der Waals surface area (Å²) in [5.74, 6) is 0.258. The van der Waals surface area contributed by atoms with Crippen LogP contribution in [0.25, 0.3) is 0 Å². The minimum absolute atomic E-state index is 0.290. The Balaban J connectivity index is 2.11. The lowest BCUT2D eigenvalue weighted by molar-refractivity contribution is 0.0599. The van der Waals surface area contributed by atoms with Crippen LogP contribution in [0, 0.1) is 19.7 Å². The maximum absolute atomic E-state index is 13.6. The van der Waals surface area contributed by atoms with Crippen LogP contribution in [0.1, 0.15) is 27.4 Å². The largest absolute Gasteiger partial charge is 0.465 e. The van der Waals surface area contributed by atoms with Gasteiger partial charge in [-0.25, -0.2) is 9.18 Å². The summed E-state index contributed by atoms with van der Waals surface area (Å²) in [4.78, 5) is 11.5. The third-order valence-corrected chi connectivity index (χ3v) is 2.95. The summed E-state index contributed by atoms with van der Waals surface area (Å²) in [7, 11) is 1.31. The molecule has 1 aromatic carbocycles. The van der Waals surface area contributed by atoms with E-state index in [9.17, 15) is 9.18 Å². The molecule has 1 heterocycles. The molecule has 0 aliphatic heterocycles. The molecule has 2 rings (SSSR count). The Morgan fingerprint density at radius 1 is 1.35 bits per heavy atom. The first kappa shape index (κ1) is 14.1. The first-order valence-corrected chi connectivity index (χ1v) is 6.19. The highest BCUT2D eigenvalue weighted by molar-refractivity contribution is 5.90. The predicted octanol–water partition coefficient (Wildman–Crippen LogP) is 3.43. The standard InChI is InChI=1S/C15H16FNO3/c1-9-4-5-13(16)14(6-9)17-8-11-7-12(10(2)20-11)15(18)19-3/h4-7,17H,8H2,1-3H3. The fourth-order valence-corrected chi connectivity index (χ4v) is 1.90. The van der Waals surface area contributed by atoms with E-state index >= 15 is 0 Å². The number of furan rings is 1. The van der Waals surface area contributed by atoms with Crippen LogP contribution in [0.15, 0.2) is 28.7 Å². The van der Waals surface area contributed by atoms with Gasteiger partial charge in [-0.2, -0.15) is 0 Å². The molecule has 0 radical (unpaired) electrons. The number of hydrogen-bond acceptors (Lipinski definition) is 4. The molecule has 0 fully saturated rings. The zero-order valence-electron chi connectivity index (χ0n) is 11.6. The molecule has 0 amide bonds. The summed E-state index contributed by atoms with van der Waals surface area (Å²) in [5.41, 5.74) is 1.74. The lowest BCUT2D eigenvalue weighted by Crippen LogP contribution is -2.02. The van der Waals surface area contributed by atoms with E-state index in [-0.39, 0.29) is 12.4 Å². The van der Waals surface area contributed by atoms with Gasteiger partial charge >= 0.3 is 5.97 Å². The van der Waals surface area contributed by atoms with Gasteiger partial charge in [0.1, 0.15) is 22.9 Å². The van der Waals surface area contributed by atoms with Gasteiger partial charge in [0.25, 0.3) is 0 Å². The number of hydrogen-bond donors (Lipinski definition) is 1. The van der Waals surface area contributed by atoms with Crippen molar-refractivity contribution in [2.24, 2.45) is 0 Å². The third kappa shape index (κ3) is 2.99. The summed E-state index contributed by atoms with van der Waals surface area (Å²) in [6.45, 7) is 3.86. The summed E-state index contributed by atoms with van der Waals surface area (Å²) < 4.78 is 23.7. The van der Waals surface area contributed by atoms with Crippen LogP contribution in [-0.2, 0) is 11.3 Å². The second-order valence-corrected chi connectivity index (χ2v) is 4.51. The number of ether oxygens (including phenoxy) is 1. The average Bonchev–Trinajstić information content (AvgIpc) is 2.80. The van der Waals surface area contributed by atoms with Crippen molar-refractivity contribution in [3.05, 3.63) is 52.7 Å². The third-order valence-electron chi connectivity index (χ3n) is 2.95. The van der Waals surface area contributed by atoms with Crippen molar-refractivity contribution in [3.8, 4) is 0 Å². The van der Waals surface area contributed by atoms with Crippen LogP contribution < -0.4 is 5.32 Å². The number of esters is 1. The highest BCUT2D eigenvalue weighted by Gasteiger charge is 2.15. The Hall–Kier alpha value is -2.30. The number of nitrogens with one attached hydrogen (secondary N) is 1. The van der Waals surface area contributed by atoms with Crippen molar-refractivity contribution < 1.29 is 18.3 Å². The number of carbonyl (C=O) groups is 1. The second kappa shape index (κ2) is 5.77. The monoisotopic (exact) mass is 277 g/mol. The van der Waals surface area contributed by atoms with Gasteiger partial charge in [0, 0.05) is 0 Å². The predicted molar refractivity (Wildman–Crippen MR) is 73.2 cm³/mol. The minimum atomic E-state index is -0.445.